The van der Waals surface area contributed by atoms with Crippen molar-refractivity contribution in [2.24, 2.45) is 0 Å². The van der Waals surface area contributed by atoms with Crippen molar-refractivity contribution < 1.29 is 9.47 Å². The van der Waals surface area contributed by atoms with E-state index in [0.29, 0.717) is 6.61 Å². The van der Waals surface area contributed by atoms with Gasteiger partial charge in [0.25, 0.3) is 0 Å². The molecule has 0 aliphatic heterocycles. The molecule has 0 N–H and O–H groups in total. The molecule has 1 atom stereocenters. The number of benzene rings is 1. The average molecular weight is 315 g/mol. The zero-order valence-electron chi connectivity index (χ0n) is 11.7. The van der Waals surface area contributed by atoms with Crippen LogP contribution in [0, 0.1) is 6.92 Å². The Morgan fingerprint density at radius 3 is 2.50 bits per heavy atom. The number of halogens is 1. The van der Waals surface area contributed by atoms with Crippen molar-refractivity contribution in [1.82, 2.24) is 0 Å². The maximum atomic E-state index is 5.97. The minimum Gasteiger partial charge on any atom is -0.379 e. The third-order valence-electron chi connectivity index (χ3n) is 3.25. The second-order valence-electron chi connectivity index (χ2n) is 5.08. The summed E-state index contributed by atoms with van der Waals surface area (Å²) in [5.74, 6) is 0. The smallest absolute Gasteiger partial charge is 0.0924 e. The Labute approximate surface area is 119 Å². The summed E-state index contributed by atoms with van der Waals surface area (Å²) in [5, 5.41) is 0.811. The summed E-state index contributed by atoms with van der Waals surface area (Å²) in [5.41, 5.74) is 2.40. The minimum absolute atomic E-state index is 0.110. The molecule has 2 nitrogen and oxygen atoms in total. The van der Waals surface area contributed by atoms with Crippen LogP contribution in [0.4, 0.5) is 0 Å². The molecule has 0 aromatic heterocycles. The van der Waals surface area contributed by atoms with Gasteiger partial charge in [0.05, 0.1) is 18.3 Å². The standard InChI is InChI=1S/C15H23BrO2/c1-12-7-5-6-8-13(12)14(11-16)18-10-9-15(2,3)17-4/h5-8,14H,9-11H2,1-4H3. The molecular formula is C15H23BrO2. The molecule has 1 aromatic carbocycles. The largest absolute Gasteiger partial charge is 0.379 e. The summed E-state index contributed by atoms with van der Waals surface area (Å²) in [6.45, 7) is 6.97. The number of hydrogen-bond donors (Lipinski definition) is 0. The van der Waals surface area contributed by atoms with Crippen LogP contribution in [0.3, 0.4) is 0 Å². The number of hydrogen-bond acceptors (Lipinski definition) is 2. The van der Waals surface area contributed by atoms with Crippen molar-refractivity contribution in [2.45, 2.75) is 38.9 Å². The first-order valence-electron chi connectivity index (χ1n) is 6.28. The van der Waals surface area contributed by atoms with E-state index in [4.69, 9.17) is 9.47 Å². The molecule has 1 unspecified atom stereocenters. The van der Waals surface area contributed by atoms with Crippen LogP contribution in [0.15, 0.2) is 24.3 Å². The molecule has 0 aliphatic carbocycles. The van der Waals surface area contributed by atoms with E-state index in [0.717, 1.165) is 11.8 Å². The van der Waals surface area contributed by atoms with Crippen molar-refractivity contribution >= 4 is 15.9 Å². The molecule has 0 saturated heterocycles. The lowest BCUT2D eigenvalue weighted by Crippen LogP contribution is -2.25. The molecule has 0 saturated carbocycles. The van der Waals surface area contributed by atoms with E-state index in [2.05, 4.69) is 61.0 Å². The summed E-state index contributed by atoms with van der Waals surface area (Å²) >= 11 is 3.53. The Morgan fingerprint density at radius 2 is 1.94 bits per heavy atom. The van der Waals surface area contributed by atoms with Crippen LogP contribution in [0.25, 0.3) is 0 Å². The quantitative estimate of drug-likeness (QED) is 0.700. The van der Waals surface area contributed by atoms with Gasteiger partial charge in [-0.15, -0.1) is 0 Å². The molecule has 0 fully saturated rings. The maximum absolute atomic E-state index is 5.97. The highest BCUT2D eigenvalue weighted by atomic mass is 79.9. The van der Waals surface area contributed by atoms with Gasteiger partial charge in [0, 0.05) is 12.4 Å². The fraction of sp³-hybridized carbons (Fsp3) is 0.600. The fourth-order valence-corrected chi connectivity index (χ4v) is 2.25. The van der Waals surface area contributed by atoms with Crippen molar-refractivity contribution in [2.75, 3.05) is 19.0 Å². The number of alkyl halides is 1. The van der Waals surface area contributed by atoms with E-state index in [-0.39, 0.29) is 11.7 Å². The number of methoxy groups -OCH3 is 1. The second-order valence-corrected chi connectivity index (χ2v) is 5.73. The van der Waals surface area contributed by atoms with Gasteiger partial charge in [-0.1, -0.05) is 40.2 Å². The van der Waals surface area contributed by atoms with Crippen molar-refractivity contribution in [3.63, 3.8) is 0 Å². The number of ether oxygens (including phenoxy) is 2. The van der Waals surface area contributed by atoms with Crippen molar-refractivity contribution in [1.29, 1.82) is 0 Å². The van der Waals surface area contributed by atoms with Gasteiger partial charge < -0.3 is 9.47 Å². The third-order valence-corrected chi connectivity index (χ3v) is 3.84. The lowest BCUT2D eigenvalue weighted by atomic mass is 10.0. The highest BCUT2D eigenvalue weighted by Gasteiger charge is 2.18. The van der Waals surface area contributed by atoms with E-state index in [1.54, 1.807) is 7.11 Å². The molecule has 1 aromatic rings. The molecule has 0 amide bonds. The molecule has 18 heavy (non-hydrogen) atoms. The van der Waals surface area contributed by atoms with E-state index in [1.807, 2.05) is 0 Å². The molecule has 0 aliphatic rings. The molecular weight excluding hydrogens is 292 g/mol. The van der Waals surface area contributed by atoms with E-state index >= 15 is 0 Å². The van der Waals surface area contributed by atoms with Gasteiger partial charge in [0.15, 0.2) is 0 Å². The van der Waals surface area contributed by atoms with Gasteiger partial charge in [-0.25, -0.2) is 0 Å². The van der Waals surface area contributed by atoms with Crippen LogP contribution < -0.4 is 0 Å². The predicted octanol–water partition coefficient (Wildman–Crippen LogP) is 4.26. The monoisotopic (exact) mass is 314 g/mol. The SMILES string of the molecule is COC(C)(C)CCOC(CBr)c1ccccc1C. The maximum Gasteiger partial charge on any atom is 0.0924 e. The molecule has 0 spiro atoms. The van der Waals surface area contributed by atoms with Crippen LogP contribution in [0.1, 0.15) is 37.5 Å². The van der Waals surface area contributed by atoms with Crippen LogP contribution >= 0.6 is 15.9 Å². The zero-order chi connectivity index (χ0) is 13.6. The predicted molar refractivity (Wildman–Crippen MR) is 79.4 cm³/mol. The second kappa shape index (κ2) is 7.27. The number of rotatable bonds is 7. The molecule has 0 radical (unpaired) electrons. The van der Waals surface area contributed by atoms with Crippen LogP contribution in [-0.4, -0.2) is 24.6 Å². The van der Waals surface area contributed by atoms with Gasteiger partial charge >= 0.3 is 0 Å². The highest BCUT2D eigenvalue weighted by Crippen LogP contribution is 2.24. The van der Waals surface area contributed by atoms with E-state index in [9.17, 15) is 0 Å². The lowest BCUT2D eigenvalue weighted by Gasteiger charge is -2.24. The van der Waals surface area contributed by atoms with Crippen LogP contribution in [-0.2, 0) is 9.47 Å². The van der Waals surface area contributed by atoms with Gasteiger partial charge in [-0.05, 0) is 38.3 Å². The van der Waals surface area contributed by atoms with Gasteiger partial charge in [0.2, 0.25) is 0 Å². The summed E-state index contributed by atoms with van der Waals surface area (Å²) in [4.78, 5) is 0. The van der Waals surface area contributed by atoms with E-state index in [1.165, 1.54) is 11.1 Å². The summed E-state index contributed by atoms with van der Waals surface area (Å²) in [7, 11) is 1.74. The summed E-state index contributed by atoms with van der Waals surface area (Å²) < 4.78 is 11.4. The van der Waals surface area contributed by atoms with Crippen molar-refractivity contribution in [3.8, 4) is 0 Å². The first-order valence-corrected chi connectivity index (χ1v) is 7.40. The molecule has 0 heterocycles. The minimum atomic E-state index is -0.122. The Bertz CT molecular complexity index is 363. The zero-order valence-corrected chi connectivity index (χ0v) is 13.3. The summed E-state index contributed by atoms with van der Waals surface area (Å²) in [6.07, 6.45) is 0.998. The summed E-state index contributed by atoms with van der Waals surface area (Å²) in [6, 6.07) is 8.36. The Kier molecular flexibility index (Phi) is 6.33. The molecule has 3 heteroatoms. The Morgan fingerprint density at radius 1 is 1.28 bits per heavy atom. The highest BCUT2D eigenvalue weighted by molar-refractivity contribution is 9.09. The van der Waals surface area contributed by atoms with Crippen molar-refractivity contribution in [3.05, 3.63) is 35.4 Å². The van der Waals surface area contributed by atoms with E-state index < -0.39 is 0 Å². The normalized spacial score (nSPS) is 13.6. The molecule has 102 valence electrons. The average Bonchev–Trinajstić information content (AvgIpc) is 2.36. The topological polar surface area (TPSA) is 18.5 Å². The first-order chi connectivity index (χ1) is 8.50. The van der Waals surface area contributed by atoms with Gasteiger partial charge in [-0.2, -0.15) is 0 Å². The van der Waals surface area contributed by atoms with Crippen LogP contribution in [0.2, 0.25) is 0 Å². The van der Waals surface area contributed by atoms with Crippen LogP contribution in [0.5, 0.6) is 0 Å². The molecule has 1 rings (SSSR count). The number of aryl methyl sites for hydroxylation is 1. The lowest BCUT2D eigenvalue weighted by molar-refractivity contribution is -0.0229. The molecule has 0 bridgehead atoms. The Hall–Kier alpha value is -0.380. The fourth-order valence-electron chi connectivity index (χ4n) is 1.71. The Balaban J connectivity index is 2.56. The first kappa shape index (κ1) is 15.7. The van der Waals surface area contributed by atoms with Gasteiger partial charge in [-0.3, -0.25) is 0 Å². The third kappa shape index (κ3) is 4.71. The van der Waals surface area contributed by atoms with Gasteiger partial charge in [0.1, 0.15) is 0 Å².